The van der Waals surface area contributed by atoms with Gasteiger partial charge in [0.2, 0.25) is 0 Å². The first-order chi connectivity index (χ1) is 11.2. The molecule has 3 heteroatoms. The van der Waals surface area contributed by atoms with Gasteiger partial charge in [0, 0.05) is 6.42 Å². The first-order valence-electron chi connectivity index (χ1n) is 9.36. The summed E-state index contributed by atoms with van der Waals surface area (Å²) in [5, 5.41) is 18.3. The topological polar surface area (TPSA) is 57.5 Å². The van der Waals surface area contributed by atoms with Gasteiger partial charge in [-0.1, -0.05) is 63.3 Å². The number of aliphatic hydroxyl groups excluding tert-OH is 1. The lowest BCUT2D eigenvalue weighted by molar-refractivity contribution is -0.137. The Hall–Kier alpha value is -1.09. The number of hydrogen-bond acceptors (Lipinski definition) is 2. The van der Waals surface area contributed by atoms with E-state index in [4.69, 9.17) is 5.11 Å². The molecule has 134 valence electrons. The minimum Gasteiger partial charge on any atom is -0.481 e. The number of carboxylic acid groups (broad SMARTS) is 1. The fraction of sp³-hybridized carbons (Fsp3) is 0.750. The number of aliphatic hydroxyl groups is 1. The molecular formula is C20H36O3. The molecule has 0 aliphatic carbocycles. The monoisotopic (exact) mass is 324 g/mol. The third-order valence-electron chi connectivity index (χ3n) is 3.92. The Morgan fingerprint density at radius 3 is 2.09 bits per heavy atom. The van der Waals surface area contributed by atoms with Gasteiger partial charge in [-0.2, -0.15) is 0 Å². The van der Waals surface area contributed by atoms with E-state index in [-0.39, 0.29) is 12.5 Å². The third-order valence-corrected chi connectivity index (χ3v) is 3.92. The van der Waals surface area contributed by atoms with Crippen LogP contribution in [-0.4, -0.2) is 22.3 Å². The maximum absolute atomic E-state index is 10.3. The van der Waals surface area contributed by atoms with Crippen LogP contribution in [0.1, 0.15) is 90.4 Å². The van der Waals surface area contributed by atoms with E-state index in [1.807, 2.05) is 0 Å². The van der Waals surface area contributed by atoms with Gasteiger partial charge in [0.1, 0.15) is 0 Å². The zero-order chi connectivity index (χ0) is 17.2. The SMILES string of the molecule is CCCCCC(O)CCCCC/C=C\C/C=C\CCCC(=O)O. The normalized spacial score (nSPS) is 13.1. The van der Waals surface area contributed by atoms with Crippen LogP contribution in [0.4, 0.5) is 0 Å². The Balaban J connectivity index is 3.31. The lowest BCUT2D eigenvalue weighted by Gasteiger charge is -2.09. The van der Waals surface area contributed by atoms with Crippen LogP contribution >= 0.6 is 0 Å². The lowest BCUT2D eigenvalue weighted by atomic mass is 10.0. The van der Waals surface area contributed by atoms with Gasteiger partial charge in [0.05, 0.1) is 6.10 Å². The van der Waals surface area contributed by atoms with Gasteiger partial charge >= 0.3 is 5.97 Å². The minimum atomic E-state index is -0.716. The van der Waals surface area contributed by atoms with Crippen molar-refractivity contribution in [2.45, 2.75) is 96.5 Å². The van der Waals surface area contributed by atoms with Gasteiger partial charge in [-0.25, -0.2) is 0 Å². The second-order valence-corrected chi connectivity index (χ2v) is 6.25. The van der Waals surface area contributed by atoms with E-state index in [1.165, 1.54) is 25.7 Å². The number of unbranched alkanes of at least 4 members (excludes halogenated alkanes) is 6. The molecule has 0 aromatic rings. The molecule has 2 N–H and O–H groups in total. The van der Waals surface area contributed by atoms with Crippen LogP contribution in [0.25, 0.3) is 0 Å². The molecule has 3 nitrogen and oxygen atoms in total. The van der Waals surface area contributed by atoms with Gasteiger partial charge in [0.25, 0.3) is 0 Å². The van der Waals surface area contributed by atoms with Crippen LogP contribution in [0.15, 0.2) is 24.3 Å². The molecule has 0 bridgehead atoms. The van der Waals surface area contributed by atoms with Gasteiger partial charge in [-0.05, 0) is 44.9 Å². The molecule has 0 aliphatic heterocycles. The molecule has 0 saturated heterocycles. The molecule has 0 aromatic heterocycles. The molecule has 0 radical (unpaired) electrons. The van der Waals surface area contributed by atoms with Crippen LogP contribution < -0.4 is 0 Å². The second-order valence-electron chi connectivity index (χ2n) is 6.25. The summed E-state index contributed by atoms with van der Waals surface area (Å²) in [7, 11) is 0. The Morgan fingerprint density at radius 2 is 1.48 bits per heavy atom. The first-order valence-corrected chi connectivity index (χ1v) is 9.36. The average Bonchev–Trinajstić information content (AvgIpc) is 2.51. The van der Waals surface area contributed by atoms with Crippen LogP contribution in [0.2, 0.25) is 0 Å². The fourth-order valence-corrected chi connectivity index (χ4v) is 2.47. The number of carbonyl (C=O) groups is 1. The van der Waals surface area contributed by atoms with Crippen molar-refractivity contribution >= 4 is 5.97 Å². The minimum absolute atomic E-state index is 0.0941. The molecule has 0 fully saturated rings. The van der Waals surface area contributed by atoms with E-state index in [1.54, 1.807) is 0 Å². The smallest absolute Gasteiger partial charge is 0.303 e. The van der Waals surface area contributed by atoms with E-state index in [2.05, 4.69) is 31.2 Å². The van der Waals surface area contributed by atoms with Gasteiger partial charge < -0.3 is 10.2 Å². The molecule has 0 spiro atoms. The van der Waals surface area contributed by atoms with E-state index in [9.17, 15) is 9.90 Å². The first kappa shape index (κ1) is 21.9. The summed E-state index contributed by atoms with van der Waals surface area (Å²) in [5.41, 5.74) is 0. The molecule has 0 aromatic carbocycles. The number of hydrogen-bond donors (Lipinski definition) is 2. The lowest BCUT2D eigenvalue weighted by Crippen LogP contribution is -2.05. The molecule has 23 heavy (non-hydrogen) atoms. The van der Waals surface area contributed by atoms with E-state index >= 15 is 0 Å². The van der Waals surface area contributed by atoms with E-state index in [0.29, 0.717) is 0 Å². The molecule has 0 saturated carbocycles. The fourth-order valence-electron chi connectivity index (χ4n) is 2.47. The molecule has 1 unspecified atom stereocenters. The number of aliphatic carboxylic acids is 1. The van der Waals surface area contributed by atoms with Crippen molar-refractivity contribution in [3.8, 4) is 0 Å². The van der Waals surface area contributed by atoms with Crippen molar-refractivity contribution < 1.29 is 15.0 Å². The van der Waals surface area contributed by atoms with Gasteiger partial charge in [0.15, 0.2) is 0 Å². The van der Waals surface area contributed by atoms with Gasteiger partial charge in [-0.3, -0.25) is 4.79 Å². The molecule has 0 aliphatic rings. The van der Waals surface area contributed by atoms with Gasteiger partial charge in [-0.15, -0.1) is 0 Å². The van der Waals surface area contributed by atoms with Crippen LogP contribution in [0, 0.1) is 0 Å². The van der Waals surface area contributed by atoms with E-state index < -0.39 is 5.97 Å². The molecule has 0 heterocycles. The Kier molecular flexibility index (Phi) is 16.4. The maximum Gasteiger partial charge on any atom is 0.303 e. The standard InChI is InChI=1S/C20H36O3/c1-2-3-13-16-19(21)17-14-11-9-7-5-4-6-8-10-12-15-18-20(22)23/h4-5,8,10,19,21H,2-3,6-7,9,11-18H2,1H3,(H,22,23)/b5-4-,10-8-. The highest BCUT2D eigenvalue weighted by Crippen LogP contribution is 2.11. The van der Waals surface area contributed by atoms with Crippen LogP contribution in [0.3, 0.4) is 0 Å². The summed E-state index contributed by atoms with van der Waals surface area (Å²) in [5.74, 6) is -0.716. The summed E-state index contributed by atoms with van der Waals surface area (Å²) in [6, 6.07) is 0. The third kappa shape index (κ3) is 18.9. The molecule has 0 rings (SSSR count). The predicted molar refractivity (Wildman–Crippen MR) is 97.6 cm³/mol. The Bertz CT molecular complexity index is 321. The summed E-state index contributed by atoms with van der Waals surface area (Å²) < 4.78 is 0. The number of rotatable bonds is 16. The number of allylic oxidation sites excluding steroid dienone is 4. The number of carboxylic acids is 1. The highest BCUT2D eigenvalue weighted by Gasteiger charge is 2.02. The highest BCUT2D eigenvalue weighted by molar-refractivity contribution is 5.66. The summed E-state index contributed by atoms with van der Waals surface area (Å²) >= 11 is 0. The maximum atomic E-state index is 10.3. The van der Waals surface area contributed by atoms with Crippen molar-refractivity contribution in [3.63, 3.8) is 0 Å². The molecular weight excluding hydrogens is 288 g/mol. The Morgan fingerprint density at radius 1 is 0.870 bits per heavy atom. The van der Waals surface area contributed by atoms with Crippen LogP contribution in [0.5, 0.6) is 0 Å². The predicted octanol–water partition coefficient (Wildman–Crippen LogP) is 5.64. The highest BCUT2D eigenvalue weighted by atomic mass is 16.4. The zero-order valence-electron chi connectivity index (χ0n) is 14.9. The van der Waals surface area contributed by atoms with Crippen molar-refractivity contribution in [2.75, 3.05) is 0 Å². The quantitative estimate of drug-likeness (QED) is 0.285. The molecule has 1 atom stereocenters. The second kappa shape index (κ2) is 17.3. The largest absolute Gasteiger partial charge is 0.481 e. The van der Waals surface area contributed by atoms with Crippen molar-refractivity contribution in [1.29, 1.82) is 0 Å². The molecule has 0 amide bonds. The summed E-state index contributed by atoms with van der Waals surface area (Å²) in [4.78, 5) is 10.3. The Labute approximate surface area is 142 Å². The van der Waals surface area contributed by atoms with Crippen molar-refractivity contribution in [2.24, 2.45) is 0 Å². The van der Waals surface area contributed by atoms with Crippen LogP contribution in [-0.2, 0) is 4.79 Å². The van der Waals surface area contributed by atoms with Crippen molar-refractivity contribution in [3.05, 3.63) is 24.3 Å². The van der Waals surface area contributed by atoms with E-state index in [0.717, 1.165) is 51.4 Å². The zero-order valence-corrected chi connectivity index (χ0v) is 14.9. The summed E-state index contributed by atoms with van der Waals surface area (Å²) in [6.45, 7) is 2.19. The van der Waals surface area contributed by atoms with Crippen molar-refractivity contribution in [1.82, 2.24) is 0 Å². The summed E-state index contributed by atoms with van der Waals surface area (Å²) in [6.07, 6.45) is 21.4. The average molecular weight is 325 g/mol.